The molecule has 43 heavy (non-hydrogen) atoms. The normalized spacial score (nSPS) is 24.5. The molecular weight excluding hydrogens is 550 g/mol. The van der Waals surface area contributed by atoms with Gasteiger partial charge in [0.2, 0.25) is 5.91 Å². The Labute approximate surface area is 249 Å². The van der Waals surface area contributed by atoms with Crippen LogP contribution in [-0.2, 0) is 11.2 Å². The predicted molar refractivity (Wildman–Crippen MR) is 159 cm³/mol. The van der Waals surface area contributed by atoms with Crippen LogP contribution in [0.4, 0.5) is 14.6 Å². The minimum absolute atomic E-state index is 0.00151. The molecule has 2 aliphatic carbocycles. The molecule has 0 spiro atoms. The van der Waals surface area contributed by atoms with Gasteiger partial charge < -0.3 is 19.4 Å². The maximum absolute atomic E-state index is 16.6. The van der Waals surface area contributed by atoms with Crippen LogP contribution < -0.4 is 9.64 Å². The van der Waals surface area contributed by atoms with E-state index in [2.05, 4.69) is 33.6 Å². The van der Waals surface area contributed by atoms with E-state index in [1.165, 1.54) is 17.7 Å². The summed E-state index contributed by atoms with van der Waals surface area (Å²) in [6.45, 7) is 5.86. The van der Waals surface area contributed by atoms with Crippen LogP contribution in [0.25, 0.3) is 22.0 Å². The molecule has 4 aliphatic rings. The number of amides is 1. The van der Waals surface area contributed by atoms with Gasteiger partial charge in [0.05, 0.1) is 24.1 Å². The number of likely N-dealkylation sites (tertiary alicyclic amines) is 1. The number of anilines is 1. The van der Waals surface area contributed by atoms with Crippen LogP contribution in [-0.4, -0.2) is 77.6 Å². The van der Waals surface area contributed by atoms with Crippen molar-refractivity contribution in [3.63, 3.8) is 0 Å². The summed E-state index contributed by atoms with van der Waals surface area (Å²) in [4.78, 5) is 27.4. The van der Waals surface area contributed by atoms with Gasteiger partial charge in [0.15, 0.2) is 5.82 Å². The van der Waals surface area contributed by atoms with Crippen molar-refractivity contribution in [3.05, 3.63) is 59.7 Å². The Morgan fingerprint density at radius 3 is 2.86 bits per heavy atom. The van der Waals surface area contributed by atoms with Crippen LogP contribution >= 0.6 is 0 Å². The molecule has 3 aromatic rings. The van der Waals surface area contributed by atoms with Crippen molar-refractivity contribution in [1.82, 2.24) is 19.8 Å². The Balaban J connectivity index is 1.32. The maximum atomic E-state index is 16.6. The SMILES string of the molecule is C=CC(=O)N1CCN(c2nc(OC[C@@H]3CCCN3C)nc3c(F)c(-c4cccc5c4C[C@@H]4C[C@H]54)c(F)cc23)C[C@@H]1CC#N. The molecule has 1 saturated carbocycles. The maximum Gasteiger partial charge on any atom is 0.319 e. The molecule has 4 atom stereocenters. The van der Waals surface area contributed by atoms with Crippen LogP contribution in [0, 0.1) is 28.9 Å². The number of ether oxygens (including phenoxy) is 1. The fourth-order valence-electron chi connectivity index (χ4n) is 7.34. The van der Waals surface area contributed by atoms with E-state index >= 15 is 8.78 Å². The largest absolute Gasteiger partial charge is 0.462 e. The quantitative estimate of drug-likeness (QED) is 0.368. The summed E-state index contributed by atoms with van der Waals surface area (Å²) in [6, 6.07) is 9.04. The number of likely N-dealkylation sites (N-methyl/N-ethyl adjacent to an activating group) is 1. The second kappa shape index (κ2) is 10.9. The number of benzene rings is 2. The lowest BCUT2D eigenvalue weighted by Crippen LogP contribution is -2.55. The zero-order valence-electron chi connectivity index (χ0n) is 24.2. The fraction of sp³-hybridized carbons (Fsp3) is 0.455. The summed E-state index contributed by atoms with van der Waals surface area (Å²) < 4.78 is 38.7. The third-order valence-corrected chi connectivity index (χ3v) is 9.76. The Morgan fingerprint density at radius 1 is 1.23 bits per heavy atom. The van der Waals surface area contributed by atoms with E-state index in [4.69, 9.17) is 4.74 Å². The van der Waals surface area contributed by atoms with Crippen molar-refractivity contribution in [2.24, 2.45) is 5.92 Å². The van der Waals surface area contributed by atoms with Crippen LogP contribution in [0.1, 0.15) is 42.7 Å². The van der Waals surface area contributed by atoms with Gasteiger partial charge in [0.25, 0.3) is 0 Å². The van der Waals surface area contributed by atoms with Crippen molar-refractivity contribution in [2.75, 3.05) is 44.7 Å². The zero-order valence-corrected chi connectivity index (χ0v) is 24.2. The molecule has 2 saturated heterocycles. The molecule has 7 rings (SSSR count). The van der Waals surface area contributed by atoms with Gasteiger partial charge in [0.1, 0.15) is 23.8 Å². The van der Waals surface area contributed by atoms with Crippen molar-refractivity contribution in [1.29, 1.82) is 5.26 Å². The topological polar surface area (TPSA) is 85.6 Å². The number of rotatable bonds is 7. The van der Waals surface area contributed by atoms with E-state index < -0.39 is 17.7 Å². The first kappa shape index (κ1) is 27.7. The van der Waals surface area contributed by atoms with Gasteiger partial charge in [-0.25, -0.2) is 8.78 Å². The van der Waals surface area contributed by atoms with Crippen LogP contribution in [0.2, 0.25) is 0 Å². The molecule has 1 amide bonds. The molecule has 2 aromatic carbocycles. The first-order valence-electron chi connectivity index (χ1n) is 15.1. The number of carbonyl (C=O) groups excluding carboxylic acids is 1. The second-order valence-corrected chi connectivity index (χ2v) is 12.2. The van der Waals surface area contributed by atoms with Gasteiger partial charge in [-0.2, -0.15) is 15.2 Å². The number of nitrogens with zero attached hydrogens (tertiary/aromatic N) is 6. The fourth-order valence-corrected chi connectivity index (χ4v) is 7.34. The number of nitriles is 1. The van der Waals surface area contributed by atoms with Crippen LogP contribution in [0.3, 0.4) is 0 Å². The van der Waals surface area contributed by atoms with E-state index in [1.54, 1.807) is 11.0 Å². The highest BCUT2D eigenvalue weighted by atomic mass is 19.1. The zero-order chi connectivity index (χ0) is 29.8. The molecule has 3 heterocycles. The average molecular weight is 585 g/mol. The molecule has 1 aromatic heterocycles. The molecular formula is C33H34F2N6O2. The van der Waals surface area contributed by atoms with Crippen molar-refractivity contribution in [2.45, 2.75) is 50.1 Å². The van der Waals surface area contributed by atoms with Gasteiger partial charge in [-0.1, -0.05) is 24.8 Å². The molecule has 0 N–H and O–H groups in total. The lowest BCUT2D eigenvalue weighted by Gasteiger charge is -2.41. The molecule has 0 radical (unpaired) electrons. The third-order valence-electron chi connectivity index (χ3n) is 9.76. The van der Waals surface area contributed by atoms with Crippen molar-refractivity contribution >= 4 is 22.6 Å². The van der Waals surface area contributed by atoms with Crippen molar-refractivity contribution < 1.29 is 18.3 Å². The summed E-state index contributed by atoms with van der Waals surface area (Å²) in [7, 11) is 2.05. The number of hydrogen-bond donors (Lipinski definition) is 0. The van der Waals surface area contributed by atoms with E-state index in [-0.39, 0.29) is 47.4 Å². The first-order valence-corrected chi connectivity index (χ1v) is 15.1. The number of halogens is 2. The highest BCUT2D eigenvalue weighted by Gasteiger charge is 2.46. The number of piperazine rings is 1. The smallest absolute Gasteiger partial charge is 0.319 e. The summed E-state index contributed by atoms with van der Waals surface area (Å²) >= 11 is 0. The average Bonchev–Trinajstić information content (AvgIpc) is 3.50. The third kappa shape index (κ3) is 4.80. The first-order chi connectivity index (χ1) is 20.9. The van der Waals surface area contributed by atoms with Gasteiger partial charge in [-0.05, 0) is 79.9 Å². The Bertz CT molecular complexity index is 1670. The van der Waals surface area contributed by atoms with E-state index in [0.29, 0.717) is 42.9 Å². The van der Waals surface area contributed by atoms with Crippen molar-refractivity contribution in [3.8, 4) is 23.2 Å². The molecule has 0 unspecified atom stereocenters. The summed E-state index contributed by atoms with van der Waals surface area (Å²) in [5.41, 5.74) is 2.74. The summed E-state index contributed by atoms with van der Waals surface area (Å²) in [5.74, 6) is -0.261. The van der Waals surface area contributed by atoms with E-state index in [9.17, 15) is 10.1 Å². The van der Waals surface area contributed by atoms with Crippen LogP contribution in [0.15, 0.2) is 36.9 Å². The molecule has 0 bridgehead atoms. The number of aromatic nitrogens is 2. The number of carbonyl (C=O) groups is 1. The van der Waals surface area contributed by atoms with Gasteiger partial charge in [-0.15, -0.1) is 0 Å². The lowest BCUT2D eigenvalue weighted by molar-refractivity contribution is -0.128. The Hall–Kier alpha value is -4.10. The minimum atomic E-state index is -0.732. The number of fused-ring (bicyclic) bond motifs is 4. The van der Waals surface area contributed by atoms with Crippen LogP contribution in [0.5, 0.6) is 6.01 Å². The molecule has 222 valence electrons. The highest BCUT2D eigenvalue weighted by molar-refractivity contribution is 5.94. The minimum Gasteiger partial charge on any atom is -0.462 e. The molecule has 2 aliphatic heterocycles. The number of hydrogen-bond acceptors (Lipinski definition) is 7. The van der Waals surface area contributed by atoms with Gasteiger partial charge in [0, 0.05) is 31.1 Å². The van der Waals surface area contributed by atoms with Gasteiger partial charge >= 0.3 is 6.01 Å². The standard InChI is InChI=1S/C33H34F2N6O2/c1-3-28(42)41-13-12-40(17-20(41)9-10-36)32-26-16-27(34)29(23-8-4-7-22-24-14-19(24)15-25(22)23)30(35)31(26)37-33(38-32)43-18-21-6-5-11-39(21)2/h3-4,7-8,16,19-21,24H,1,5-6,9,11-15,17-18H2,2H3/t19-,20-,21-,24-/m0/s1. The van der Waals surface area contributed by atoms with E-state index in [0.717, 1.165) is 37.8 Å². The van der Waals surface area contributed by atoms with Gasteiger partial charge in [-0.3, -0.25) is 4.79 Å². The summed E-state index contributed by atoms with van der Waals surface area (Å²) in [5, 5.41) is 9.71. The summed E-state index contributed by atoms with van der Waals surface area (Å²) in [6.07, 6.45) is 5.37. The molecule has 8 nitrogen and oxygen atoms in total. The van der Waals surface area contributed by atoms with E-state index in [1.807, 2.05) is 18.0 Å². The predicted octanol–water partition coefficient (Wildman–Crippen LogP) is 4.82. The lowest BCUT2D eigenvalue weighted by atomic mass is 9.93. The Kier molecular flexibility index (Phi) is 7.01. The highest BCUT2D eigenvalue weighted by Crippen LogP contribution is 2.58. The second-order valence-electron chi connectivity index (χ2n) is 12.2. The molecule has 10 heteroatoms. The molecule has 3 fully saturated rings. The monoisotopic (exact) mass is 584 g/mol. The Morgan fingerprint density at radius 2 is 2.09 bits per heavy atom.